The van der Waals surface area contributed by atoms with Crippen molar-refractivity contribution in [1.29, 1.82) is 0 Å². The van der Waals surface area contributed by atoms with Crippen molar-refractivity contribution in [3.8, 4) is 22.8 Å². The molecule has 2 rings (SSSR count). The predicted molar refractivity (Wildman–Crippen MR) is 63.0 cm³/mol. The van der Waals surface area contributed by atoms with Gasteiger partial charge in [-0.2, -0.15) is 0 Å². The van der Waals surface area contributed by atoms with Gasteiger partial charge in [-0.1, -0.05) is 23.7 Å². The Morgan fingerprint density at radius 2 is 1.95 bits per heavy atom. The number of hydrogen-bond acceptors (Lipinski definition) is 3. The molecule has 1 aromatic carbocycles. The molecule has 1 heterocycles. The van der Waals surface area contributed by atoms with Crippen LogP contribution in [0.15, 0.2) is 36.5 Å². The van der Waals surface area contributed by atoms with Crippen molar-refractivity contribution in [2.45, 2.75) is 6.36 Å². The lowest BCUT2D eigenvalue weighted by Crippen LogP contribution is -2.17. The fraction of sp³-hybridized carbons (Fsp3) is 0.0833. The van der Waals surface area contributed by atoms with Crippen molar-refractivity contribution in [3.63, 3.8) is 0 Å². The van der Waals surface area contributed by atoms with Gasteiger partial charge in [0.2, 0.25) is 0 Å². The Labute approximate surface area is 111 Å². The summed E-state index contributed by atoms with van der Waals surface area (Å²) in [7, 11) is 0. The average molecular weight is 290 g/mol. The number of halogens is 4. The number of pyridine rings is 1. The molecule has 2 aromatic rings. The number of rotatable bonds is 2. The van der Waals surface area contributed by atoms with Crippen LogP contribution in [0.2, 0.25) is 5.02 Å². The van der Waals surface area contributed by atoms with Gasteiger partial charge in [0, 0.05) is 11.6 Å². The summed E-state index contributed by atoms with van der Waals surface area (Å²) in [4.78, 5) is 3.87. The molecule has 0 unspecified atom stereocenters. The zero-order valence-corrected chi connectivity index (χ0v) is 10.0. The smallest absolute Gasteiger partial charge is 0.506 e. The highest BCUT2D eigenvalue weighted by Crippen LogP contribution is 2.31. The second kappa shape index (κ2) is 4.97. The number of ether oxygens (including phenoxy) is 1. The normalized spacial score (nSPS) is 11.4. The molecular weight excluding hydrogens is 283 g/mol. The molecular formula is C12H7ClF3NO2. The largest absolute Gasteiger partial charge is 0.573 e. The minimum Gasteiger partial charge on any atom is -0.506 e. The summed E-state index contributed by atoms with van der Waals surface area (Å²) in [6.45, 7) is 0. The van der Waals surface area contributed by atoms with Crippen LogP contribution >= 0.6 is 11.6 Å². The van der Waals surface area contributed by atoms with Crippen LogP contribution in [0.3, 0.4) is 0 Å². The molecule has 0 aliphatic carbocycles. The summed E-state index contributed by atoms with van der Waals surface area (Å²) in [6.07, 6.45) is -3.61. The molecule has 0 atom stereocenters. The van der Waals surface area contributed by atoms with Crippen molar-refractivity contribution < 1.29 is 23.0 Å². The average Bonchev–Trinajstić information content (AvgIpc) is 2.26. The fourth-order valence-corrected chi connectivity index (χ4v) is 1.75. The maximum absolute atomic E-state index is 12.1. The number of benzene rings is 1. The van der Waals surface area contributed by atoms with E-state index in [0.29, 0.717) is 5.56 Å². The Kier molecular flexibility index (Phi) is 3.53. The zero-order chi connectivity index (χ0) is 14.0. The molecule has 19 heavy (non-hydrogen) atoms. The molecule has 0 spiro atoms. The summed E-state index contributed by atoms with van der Waals surface area (Å²) in [5, 5.41) is 9.30. The summed E-state index contributed by atoms with van der Waals surface area (Å²) in [5.41, 5.74) is 0.610. The van der Waals surface area contributed by atoms with Crippen LogP contribution in [0.25, 0.3) is 11.3 Å². The Hall–Kier alpha value is -1.95. The van der Waals surface area contributed by atoms with Gasteiger partial charge >= 0.3 is 6.36 Å². The zero-order valence-electron chi connectivity index (χ0n) is 9.28. The highest BCUT2D eigenvalue weighted by Gasteiger charge is 2.31. The molecule has 1 N–H and O–H groups in total. The van der Waals surface area contributed by atoms with E-state index < -0.39 is 6.36 Å². The number of aromatic nitrogens is 1. The minimum atomic E-state index is -4.76. The molecule has 3 nitrogen and oxygen atoms in total. The minimum absolute atomic E-state index is 0.128. The van der Waals surface area contributed by atoms with E-state index in [2.05, 4.69) is 9.72 Å². The molecule has 7 heteroatoms. The Morgan fingerprint density at radius 3 is 2.58 bits per heavy atom. The molecule has 100 valence electrons. The van der Waals surface area contributed by atoms with E-state index in [0.717, 1.165) is 6.20 Å². The Bertz CT molecular complexity index is 602. The number of aromatic hydroxyl groups is 1. The van der Waals surface area contributed by atoms with Crippen LogP contribution in [-0.4, -0.2) is 16.5 Å². The molecule has 1 aromatic heterocycles. The summed E-state index contributed by atoms with van der Waals surface area (Å²) >= 11 is 5.86. The van der Waals surface area contributed by atoms with Gasteiger partial charge in [-0.15, -0.1) is 13.2 Å². The molecule has 0 aliphatic rings. The number of alkyl halides is 3. The van der Waals surface area contributed by atoms with Crippen LogP contribution in [0, 0.1) is 0 Å². The maximum atomic E-state index is 12.1. The van der Waals surface area contributed by atoms with E-state index in [4.69, 9.17) is 11.6 Å². The molecule has 0 aliphatic heterocycles. The first kappa shape index (κ1) is 13.5. The highest BCUT2D eigenvalue weighted by molar-refractivity contribution is 6.33. The van der Waals surface area contributed by atoms with Gasteiger partial charge in [0.15, 0.2) is 0 Å². The third-order valence-corrected chi connectivity index (χ3v) is 2.46. The van der Waals surface area contributed by atoms with Crippen molar-refractivity contribution in [1.82, 2.24) is 4.98 Å². The second-order valence-electron chi connectivity index (χ2n) is 3.60. The van der Waals surface area contributed by atoms with Crippen molar-refractivity contribution in [2.24, 2.45) is 0 Å². The van der Waals surface area contributed by atoms with Gasteiger partial charge in [0.05, 0.1) is 16.9 Å². The van der Waals surface area contributed by atoms with E-state index in [1.54, 1.807) is 0 Å². The van der Waals surface area contributed by atoms with Gasteiger partial charge in [0.25, 0.3) is 0 Å². The molecule has 0 bridgehead atoms. The van der Waals surface area contributed by atoms with Crippen LogP contribution in [-0.2, 0) is 0 Å². The maximum Gasteiger partial charge on any atom is 0.573 e. The molecule has 0 fully saturated rings. The van der Waals surface area contributed by atoms with E-state index in [-0.39, 0.29) is 22.2 Å². The van der Waals surface area contributed by atoms with Gasteiger partial charge in [0.1, 0.15) is 11.5 Å². The Morgan fingerprint density at radius 1 is 1.21 bits per heavy atom. The van der Waals surface area contributed by atoms with Crippen molar-refractivity contribution in [2.75, 3.05) is 0 Å². The molecule has 0 amide bonds. The van der Waals surface area contributed by atoms with E-state index in [1.807, 2.05) is 0 Å². The van der Waals surface area contributed by atoms with Gasteiger partial charge in [-0.25, -0.2) is 0 Å². The van der Waals surface area contributed by atoms with Crippen LogP contribution in [0.1, 0.15) is 0 Å². The Balaban J connectivity index is 2.38. The molecule has 0 saturated carbocycles. The summed E-state index contributed by atoms with van der Waals surface area (Å²) in [6, 6.07) is 6.51. The SMILES string of the molecule is Oc1cnc(-c2cccc(OC(F)(F)F)c2)c(Cl)c1. The van der Waals surface area contributed by atoms with Crippen LogP contribution < -0.4 is 4.74 Å². The number of hydrogen-bond donors (Lipinski definition) is 1. The van der Waals surface area contributed by atoms with E-state index >= 15 is 0 Å². The highest BCUT2D eigenvalue weighted by atomic mass is 35.5. The number of nitrogens with zero attached hydrogens (tertiary/aromatic N) is 1. The van der Waals surface area contributed by atoms with Crippen molar-refractivity contribution in [3.05, 3.63) is 41.6 Å². The lowest BCUT2D eigenvalue weighted by Gasteiger charge is -2.10. The van der Waals surface area contributed by atoms with Crippen LogP contribution in [0.4, 0.5) is 13.2 Å². The topological polar surface area (TPSA) is 42.4 Å². The van der Waals surface area contributed by atoms with Gasteiger partial charge in [-0.05, 0) is 12.1 Å². The predicted octanol–water partition coefficient (Wildman–Crippen LogP) is 4.01. The lowest BCUT2D eigenvalue weighted by molar-refractivity contribution is -0.274. The monoisotopic (exact) mass is 289 g/mol. The fourth-order valence-electron chi connectivity index (χ4n) is 1.48. The quantitative estimate of drug-likeness (QED) is 0.908. The third kappa shape index (κ3) is 3.51. The second-order valence-corrected chi connectivity index (χ2v) is 4.01. The van der Waals surface area contributed by atoms with Gasteiger partial charge in [-0.3, -0.25) is 4.98 Å². The third-order valence-electron chi connectivity index (χ3n) is 2.17. The van der Waals surface area contributed by atoms with Gasteiger partial charge < -0.3 is 9.84 Å². The first-order valence-electron chi connectivity index (χ1n) is 5.06. The molecule has 0 saturated heterocycles. The standard InChI is InChI=1S/C12H7ClF3NO2/c13-10-5-8(18)6-17-11(10)7-2-1-3-9(4-7)19-12(14,15)16/h1-6,18H. The first-order chi connectivity index (χ1) is 8.85. The van der Waals surface area contributed by atoms with E-state index in [1.165, 1.54) is 30.3 Å². The lowest BCUT2D eigenvalue weighted by atomic mass is 10.1. The summed E-state index contributed by atoms with van der Waals surface area (Å²) < 4.78 is 40.1. The summed E-state index contributed by atoms with van der Waals surface area (Å²) in [5.74, 6) is -0.493. The van der Waals surface area contributed by atoms with E-state index in [9.17, 15) is 18.3 Å². The molecule has 0 radical (unpaired) electrons. The van der Waals surface area contributed by atoms with Crippen LogP contribution in [0.5, 0.6) is 11.5 Å². The van der Waals surface area contributed by atoms with Crippen molar-refractivity contribution >= 4 is 11.6 Å². The first-order valence-corrected chi connectivity index (χ1v) is 5.43.